The number of amides is 3. The molecule has 4 aliphatic carbocycles. The predicted molar refractivity (Wildman–Crippen MR) is 89.8 cm³/mol. The van der Waals surface area contributed by atoms with Gasteiger partial charge in [-0.05, 0) is 77.0 Å². The van der Waals surface area contributed by atoms with E-state index in [0.29, 0.717) is 4.75 Å². The summed E-state index contributed by atoms with van der Waals surface area (Å²) < 4.78 is 0.306. The molecule has 0 heterocycles. The first-order chi connectivity index (χ1) is 10.3. The van der Waals surface area contributed by atoms with Gasteiger partial charge in [0.05, 0.1) is 5.25 Å². The molecule has 0 aromatic heterocycles. The van der Waals surface area contributed by atoms with E-state index in [2.05, 4.69) is 10.6 Å². The van der Waals surface area contributed by atoms with Crippen LogP contribution in [-0.2, 0) is 4.79 Å². The molecule has 4 fully saturated rings. The third kappa shape index (κ3) is 3.44. The van der Waals surface area contributed by atoms with Crippen LogP contribution in [0.5, 0.6) is 0 Å². The van der Waals surface area contributed by atoms with E-state index >= 15 is 0 Å². The van der Waals surface area contributed by atoms with Gasteiger partial charge in [0.15, 0.2) is 0 Å². The largest absolute Gasteiger partial charge is 0.336 e. The van der Waals surface area contributed by atoms with Crippen molar-refractivity contribution in [1.82, 2.24) is 10.6 Å². The molecule has 4 saturated carbocycles. The molecule has 4 nitrogen and oxygen atoms in total. The fraction of sp³-hybridized carbons (Fsp3) is 0.882. The van der Waals surface area contributed by atoms with Crippen molar-refractivity contribution in [3.8, 4) is 0 Å². The quantitative estimate of drug-likeness (QED) is 0.834. The molecule has 0 unspecified atom stereocenters. The number of thioether (sulfide) groups is 1. The second kappa shape index (κ2) is 6.06. The van der Waals surface area contributed by atoms with Gasteiger partial charge in [-0.1, -0.05) is 0 Å². The van der Waals surface area contributed by atoms with Crippen LogP contribution in [0.1, 0.15) is 59.3 Å². The average Bonchev–Trinajstić information content (AvgIpc) is 2.34. The Balaban J connectivity index is 1.56. The Hall–Kier alpha value is -0.710. The number of carbonyl (C=O) groups is 2. The molecule has 22 heavy (non-hydrogen) atoms. The molecule has 1 atom stereocenters. The Morgan fingerprint density at radius 2 is 1.50 bits per heavy atom. The first-order valence-electron chi connectivity index (χ1n) is 8.64. The number of urea groups is 1. The minimum Gasteiger partial charge on any atom is -0.336 e. The van der Waals surface area contributed by atoms with Gasteiger partial charge in [-0.15, -0.1) is 11.8 Å². The smallest absolute Gasteiger partial charge is 0.321 e. The number of carbonyl (C=O) groups excluding carboxylic acids is 2. The summed E-state index contributed by atoms with van der Waals surface area (Å²) >= 11 is 1.83. The van der Waals surface area contributed by atoms with E-state index in [4.69, 9.17) is 0 Å². The predicted octanol–water partition coefficient (Wildman–Crippen LogP) is 3.31. The molecule has 0 aromatic rings. The van der Waals surface area contributed by atoms with Crippen molar-refractivity contribution in [3.63, 3.8) is 0 Å². The van der Waals surface area contributed by atoms with Gasteiger partial charge < -0.3 is 5.32 Å². The van der Waals surface area contributed by atoms with Gasteiger partial charge in [-0.25, -0.2) is 4.79 Å². The number of hydrogen-bond acceptors (Lipinski definition) is 3. The lowest BCUT2D eigenvalue weighted by atomic mass is 9.56. The molecule has 124 valence electrons. The fourth-order valence-electron chi connectivity index (χ4n) is 5.12. The Labute approximate surface area is 137 Å². The number of imide groups is 1. The minimum atomic E-state index is -0.377. The molecule has 0 saturated heterocycles. The van der Waals surface area contributed by atoms with Crippen LogP contribution in [0.15, 0.2) is 0 Å². The maximum atomic E-state index is 12.3. The summed E-state index contributed by atoms with van der Waals surface area (Å²) in [6, 6.07) is -0.336. The van der Waals surface area contributed by atoms with Crippen LogP contribution in [0.3, 0.4) is 0 Å². The van der Waals surface area contributed by atoms with Crippen LogP contribution in [-0.4, -0.2) is 28.0 Å². The van der Waals surface area contributed by atoms with E-state index in [-0.39, 0.29) is 23.2 Å². The summed E-state index contributed by atoms with van der Waals surface area (Å²) in [5, 5.41) is 5.03. The maximum absolute atomic E-state index is 12.3. The van der Waals surface area contributed by atoms with Gasteiger partial charge in [0.25, 0.3) is 0 Å². The zero-order valence-electron chi connectivity index (χ0n) is 13.9. The average molecular weight is 324 g/mol. The highest BCUT2D eigenvalue weighted by molar-refractivity contribution is 8.01. The van der Waals surface area contributed by atoms with E-state index in [9.17, 15) is 9.59 Å². The third-order valence-electron chi connectivity index (χ3n) is 5.43. The van der Waals surface area contributed by atoms with Crippen LogP contribution in [0.2, 0.25) is 0 Å². The molecule has 0 spiro atoms. The molecule has 0 aromatic carbocycles. The summed E-state index contributed by atoms with van der Waals surface area (Å²) in [7, 11) is 0. The molecular weight excluding hydrogens is 296 g/mol. The van der Waals surface area contributed by atoms with Crippen molar-refractivity contribution in [2.45, 2.75) is 75.3 Å². The standard InChI is InChI=1S/C17H28N2O2S/c1-10(2)18-16(21)19-15(20)11(3)22-17-7-12-4-13(8-17)6-14(5-12)9-17/h10-14H,4-9H2,1-3H3,(H2,18,19,20,21)/t11-,12?,13?,14?,17?/m0/s1. The van der Waals surface area contributed by atoms with E-state index in [1.807, 2.05) is 32.5 Å². The van der Waals surface area contributed by atoms with Crippen LogP contribution in [0, 0.1) is 17.8 Å². The summed E-state index contributed by atoms with van der Waals surface area (Å²) in [5.74, 6) is 2.51. The highest BCUT2D eigenvalue weighted by Crippen LogP contribution is 2.61. The first kappa shape index (κ1) is 16.2. The van der Waals surface area contributed by atoms with Crippen molar-refractivity contribution in [2.75, 3.05) is 0 Å². The monoisotopic (exact) mass is 324 g/mol. The first-order valence-corrected chi connectivity index (χ1v) is 9.52. The van der Waals surface area contributed by atoms with Gasteiger partial charge in [-0.3, -0.25) is 10.1 Å². The van der Waals surface area contributed by atoms with Crippen molar-refractivity contribution in [2.24, 2.45) is 17.8 Å². The molecule has 5 heteroatoms. The Kier molecular flexibility index (Phi) is 4.45. The van der Waals surface area contributed by atoms with E-state index < -0.39 is 0 Å². The summed E-state index contributed by atoms with van der Waals surface area (Å²) in [6.07, 6.45) is 8.07. The second-order valence-corrected chi connectivity index (χ2v) is 9.79. The fourth-order valence-corrected chi connectivity index (χ4v) is 7.03. The van der Waals surface area contributed by atoms with Crippen molar-refractivity contribution in [3.05, 3.63) is 0 Å². The minimum absolute atomic E-state index is 0.0407. The Morgan fingerprint density at radius 3 is 1.95 bits per heavy atom. The number of hydrogen-bond donors (Lipinski definition) is 2. The molecular formula is C17H28N2O2S. The lowest BCUT2D eigenvalue weighted by Crippen LogP contribution is -2.51. The number of nitrogens with one attached hydrogen (secondary N) is 2. The molecule has 0 aliphatic heterocycles. The Morgan fingerprint density at radius 1 is 1.00 bits per heavy atom. The van der Waals surface area contributed by atoms with Crippen LogP contribution < -0.4 is 10.6 Å². The maximum Gasteiger partial charge on any atom is 0.321 e. The van der Waals surface area contributed by atoms with Crippen molar-refractivity contribution in [1.29, 1.82) is 0 Å². The number of rotatable bonds is 4. The highest BCUT2D eigenvalue weighted by Gasteiger charge is 2.52. The second-order valence-electron chi connectivity index (χ2n) is 7.98. The highest BCUT2D eigenvalue weighted by atomic mass is 32.2. The summed E-state index contributed by atoms with van der Waals surface area (Å²) in [6.45, 7) is 5.72. The van der Waals surface area contributed by atoms with Crippen LogP contribution in [0.4, 0.5) is 4.79 Å². The lowest BCUT2D eigenvalue weighted by Gasteiger charge is -2.56. The van der Waals surface area contributed by atoms with Gasteiger partial charge in [0.1, 0.15) is 0 Å². The van der Waals surface area contributed by atoms with E-state index in [0.717, 1.165) is 17.8 Å². The summed E-state index contributed by atoms with van der Waals surface area (Å²) in [5.41, 5.74) is 0. The lowest BCUT2D eigenvalue weighted by molar-refractivity contribution is -0.119. The van der Waals surface area contributed by atoms with E-state index in [1.54, 1.807) is 0 Å². The molecule has 3 amide bonds. The molecule has 2 N–H and O–H groups in total. The van der Waals surface area contributed by atoms with Gasteiger partial charge in [0.2, 0.25) is 5.91 Å². The molecule has 4 rings (SSSR count). The third-order valence-corrected chi connectivity index (χ3v) is 7.00. The normalized spacial score (nSPS) is 37.2. The van der Waals surface area contributed by atoms with Crippen LogP contribution in [0.25, 0.3) is 0 Å². The SMILES string of the molecule is CC(C)NC(=O)NC(=O)[C@H](C)SC12CC3CC(CC(C3)C1)C2. The molecule has 0 radical (unpaired) electrons. The topological polar surface area (TPSA) is 58.2 Å². The van der Waals surface area contributed by atoms with Crippen LogP contribution >= 0.6 is 11.8 Å². The Bertz CT molecular complexity index is 428. The van der Waals surface area contributed by atoms with Crippen molar-refractivity contribution < 1.29 is 9.59 Å². The summed E-state index contributed by atoms with van der Waals surface area (Å²) in [4.78, 5) is 23.9. The van der Waals surface area contributed by atoms with Gasteiger partial charge >= 0.3 is 6.03 Å². The zero-order valence-corrected chi connectivity index (χ0v) is 14.7. The zero-order chi connectivity index (χ0) is 15.9. The van der Waals surface area contributed by atoms with Gasteiger partial charge in [0, 0.05) is 10.8 Å². The molecule has 4 bridgehead atoms. The van der Waals surface area contributed by atoms with Crippen molar-refractivity contribution >= 4 is 23.7 Å². The van der Waals surface area contributed by atoms with E-state index in [1.165, 1.54) is 38.5 Å². The van der Waals surface area contributed by atoms with Gasteiger partial charge in [-0.2, -0.15) is 0 Å². The molecule has 4 aliphatic rings.